The number of hydrogen-bond acceptors (Lipinski definition) is 3. The molecule has 0 saturated heterocycles. The molecule has 1 amide bonds. The van der Waals surface area contributed by atoms with E-state index in [0.717, 1.165) is 0 Å². The molecule has 0 aliphatic heterocycles. The molecule has 7 heteroatoms. The summed E-state index contributed by atoms with van der Waals surface area (Å²) < 4.78 is 19.2. The standard InChI is InChI=1S/C18H18Cl2FNO2S/c1-12(24-17-8-3-2-5-15(17)20)18(23)22-9-10-25-11-13-14(19)6-4-7-16(13)21/h2-8,12H,9-11H2,1H3,(H,22,23)/t12-/m1/s1. The lowest BCUT2D eigenvalue weighted by Crippen LogP contribution is -2.37. The zero-order valence-electron chi connectivity index (χ0n) is 13.6. The predicted octanol–water partition coefficient (Wildman–Crippen LogP) is 4.95. The number of rotatable bonds is 8. The van der Waals surface area contributed by atoms with Crippen LogP contribution in [-0.2, 0) is 10.5 Å². The molecule has 0 aliphatic rings. The van der Waals surface area contributed by atoms with Gasteiger partial charge in [-0.05, 0) is 31.2 Å². The highest BCUT2D eigenvalue weighted by Gasteiger charge is 2.15. The van der Waals surface area contributed by atoms with E-state index in [-0.39, 0.29) is 11.7 Å². The van der Waals surface area contributed by atoms with Crippen molar-refractivity contribution in [2.45, 2.75) is 18.8 Å². The third-order valence-corrected chi connectivity index (χ3v) is 5.02. The Morgan fingerprint density at radius 1 is 1.20 bits per heavy atom. The number of amides is 1. The van der Waals surface area contributed by atoms with Crippen LogP contribution >= 0.6 is 35.0 Å². The maximum absolute atomic E-state index is 13.6. The average molecular weight is 402 g/mol. The summed E-state index contributed by atoms with van der Waals surface area (Å²) in [6.07, 6.45) is -0.661. The monoisotopic (exact) mass is 401 g/mol. The van der Waals surface area contributed by atoms with Gasteiger partial charge < -0.3 is 10.1 Å². The highest BCUT2D eigenvalue weighted by molar-refractivity contribution is 7.98. The first-order chi connectivity index (χ1) is 12.0. The van der Waals surface area contributed by atoms with Gasteiger partial charge in [-0.25, -0.2) is 4.39 Å². The smallest absolute Gasteiger partial charge is 0.260 e. The molecule has 134 valence electrons. The van der Waals surface area contributed by atoms with Crippen molar-refractivity contribution in [3.63, 3.8) is 0 Å². The Morgan fingerprint density at radius 2 is 1.92 bits per heavy atom. The van der Waals surface area contributed by atoms with Crippen molar-refractivity contribution in [1.82, 2.24) is 5.32 Å². The molecule has 0 spiro atoms. The zero-order valence-corrected chi connectivity index (χ0v) is 15.9. The molecule has 25 heavy (non-hydrogen) atoms. The van der Waals surface area contributed by atoms with Crippen molar-refractivity contribution >= 4 is 40.9 Å². The van der Waals surface area contributed by atoms with Crippen LogP contribution in [0.1, 0.15) is 12.5 Å². The number of benzene rings is 2. The Kier molecular flexibility index (Phi) is 7.88. The quantitative estimate of drug-likeness (QED) is 0.635. The number of para-hydroxylation sites is 1. The van der Waals surface area contributed by atoms with Crippen LogP contribution in [0.25, 0.3) is 0 Å². The van der Waals surface area contributed by atoms with Gasteiger partial charge in [0.15, 0.2) is 6.10 Å². The van der Waals surface area contributed by atoms with Gasteiger partial charge in [0.25, 0.3) is 5.91 Å². The van der Waals surface area contributed by atoms with Crippen molar-refractivity contribution in [1.29, 1.82) is 0 Å². The maximum atomic E-state index is 13.6. The molecule has 0 fully saturated rings. The third kappa shape index (κ3) is 6.10. The maximum Gasteiger partial charge on any atom is 0.260 e. The molecule has 0 radical (unpaired) electrons. The molecule has 2 rings (SSSR count). The summed E-state index contributed by atoms with van der Waals surface area (Å²) >= 11 is 13.5. The van der Waals surface area contributed by atoms with Crippen molar-refractivity contribution in [3.8, 4) is 5.75 Å². The zero-order chi connectivity index (χ0) is 18.2. The van der Waals surface area contributed by atoms with E-state index in [9.17, 15) is 9.18 Å². The number of carbonyl (C=O) groups is 1. The van der Waals surface area contributed by atoms with Crippen LogP contribution in [0.15, 0.2) is 42.5 Å². The molecule has 0 saturated carbocycles. The number of nitrogens with one attached hydrogen (secondary N) is 1. The molecule has 2 aromatic carbocycles. The van der Waals surface area contributed by atoms with Crippen molar-refractivity contribution in [3.05, 3.63) is 63.9 Å². The van der Waals surface area contributed by atoms with Crippen LogP contribution in [0.4, 0.5) is 4.39 Å². The second-order valence-electron chi connectivity index (χ2n) is 5.23. The van der Waals surface area contributed by atoms with Crippen LogP contribution < -0.4 is 10.1 Å². The van der Waals surface area contributed by atoms with Crippen LogP contribution in [0, 0.1) is 5.82 Å². The molecular weight excluding hydrogens is 384 g/mol. The van der Waals surface area contributed by atoms with E-state index in [2.05, 4.69) is 5.32 Å². The van der Waals surface area contributed by atoms with E-state index >= 15 is 0 Å². The van der Waals surface area contributed by atoms with Gasteiger partial charge in [-0.2, -0.15) is 11.8 Å². The summed E-state index contributed by atoms with van der Waals surface area (Å²) in [5, 5.41) is 3.66. The molecule has 2 aromatic rings. The second kappa shape index (κ2) is 9.90. The lowest BCUT2D eigenvalue weighted by atomic mass is 10.2. The number of ether oxygens (including phenoxy) is 1. The molecule has 0 bridgehead atoms. The van der Waals surface area contributed by atoms with Crippen LogP contribution in [-0.4, -0.2) is 24.3 Å². The van der Waals surface area contributed by atoms with Gasteiger partial charge >= 0.3 is 0 Å². The Morgan fingerprint density at radius 3 is 2.64 bits per heavy atom. The highest BCUT2D eigenvalue weighted by Crippen LogP contribution is 2.25. The first-order valence-electron chi connectivity index (χ1n) is 7.68. The number of thioether (sulfide) groups is 1. The minimum absolute atomic E-state index is 0.232. The largest absolute Gasteiger partial charge is 0.479 e. The summed E-state index contributed by atoms with van der Waals surface area (Å²) in [5.74, 6) is 1.01. The van der Waals surface area contributed by atoms with Crippen LogP contribution in [0.3, 0.4) is 0 Å². The van der Waals surface area contributed by atoms with Gasteiger partial charge in [-0.1, -0.05) is 41.4 Å². The summed E-state index contributed by atoms with van der Waals surface area (Å²) in [7, 11) is 0. The summed E-state index contributed by atoms with van der Waals surface area (Å²) in [4.78, 5) is 12.0. The summed E-state index contributed by atoms with van der Waals surface area (Å²) in [6, 6.07) is 11.6. The molecule has 0 unspecified atom stereocenters. The Bertz CT molecular complexity index is 710. The lowest BCUT2D eigenvalue weighted by molar-refractivity contribution is -0.127. The van der Waals surface area contributed by atoms with E-state index in [0.29, 0.717) is 39.4 Å². The first kappa shape index (κ1) is 19.9. The van der Waals surface area contributed by atoms with Gasteiger partial charge in [-0.15, -0.1) is 0 Å². The van der Waals surface area contributed by atoms with Crippen molar-refractivity contribution < 1.29 is 13.9 Å². The van der Waals surface area contributed by atoms with E-state index in [4.69, 9.17) is 27.9 Å². The summed E-state index contributed by atoms with van der Waals surface area (Å²) in [6.45, 7) is 2.11. The Hall–Kier alpha value is -1.43. The summed E-state index contributed by atoms with van der Waals surface area (Å²) in [5.41, 5.74) is 0.482. The number of halogens is 3. The number of hydrogen-bond donors (Lipinski definition) is 1. The van der Waals surface area contributed by atoms with Gasteiger partial charge in [0.2, 0.25) is 0 Å². The molecule has 0 aromatic heterocycles. The minimum Gasteiger partial charge on any atom is -0.479 e. The van der Waals surface area contributed by atoms with Gasteiger partial charge in [0.05, 0.1) is 5.02 Å². The molecule has 3 nitrogen and oxygen atoms in total. The number of carbonyl (C=O) groups excluding carboxylic acids is 1. The Labute approximate surface area is 160 Å². The van der Waals surface area contributed by atoms with Gasteiger partial charge in [0.1, 0.15) is 11.6 Å². The highest BCUT2D eigenvalue weighted by atomic mass is 35.5. The van der Waals surface area contributed by atoms with Gasteiger partial charge in [0, 0.05) is 28.6 Å². The minimum atomic E-state index is -0.661. The third-order valence-electron chi connectivity index (χ3n) is 3.36. The predicted molar refractivity (Wildman–Crippen MR) is 102 cm³/mol. The van der Waals surface area contributed by atoms with Crippen molar-refractivity contribution in [2.75, 3.05) is 12.3 Å². The molecule has 0 aliphatic carbocycles. The normalized spacial score (nSPS) is 11.8. The fourth-order valence-electron chi connectivity index (χ4n) is 2.02. The fraction of sp³-hybridized carbons (Fsp3) is 0.278. The SMILES string of the molecule is C[C@@H](Oc1ccccc1Cl)C(=O)NCCSCc1c(F)cccc1Cl. The molecule has 1 N–H and O–H groups in total. The fourth-order valence-corrected chi connectivity index (χ4v) is 3.40. The lowest BCUT2D eigenvalue weighted by Gasteiger charge is -2.15. The van der Waals surface area contributed by atoms with E-state index in [1.807, 2.05) is 0 Å². The van der Waals surface area contributed by atoms with Crippen LogP contribution in [0.2, 0.25) is 10.0 Å². The molecular formula is C18H18Cl2FNO2S. The van der Waals surface area contributed by atoms with E-state index in [1.54, 1.807) is 43.3 Å². The van der Waals surface area contributed by atoms with E-state index < -0.39 is 6.10 Å². The van der Waals surface area contributed by atoms with Crippen molar-refractivity contribution in [2.24, 2.45) is 0 Å². The topological polar surface area (TPSA) is 38.3 Å². The molecule has 1 atom stereocenters. The molecule has 0 heterocycles. The average Bonchev–Trinajstić information content (AvgIpc) is 2.58. The Balaban J connectivity index is 1.71. The van der Waals surface area contributed by atoms with Crippen LogP contribution in [0.5, 0.6) is 5.75 Å². The van der Waals surface area contributed by atoms with E-state index in [1.165, 1.54) is 17.8 Å². The first-order valence-corrected chi connectivity index (χ1v) is 9.59. The van der Waals surface area contributed by atoms with Gasteiger partial charge in [-0.3, -0.25) is 4.79 Å². The second-order valence-corrected chi connectivity index (χ2v) is 7.15.